The molecule has 4 rings (SSSR count). The van der Waals surface area contributed by atoms with Crippen molar-refractivity contribution in [2.45, 2.75) is 25.3 Å². The van der Waals surface area contributed by atoms with Gasteiger partial charge in [-0.15, -0.1) is 0 Å². The van der Waals surface area contributed by atoms with Gasteiger partial charge in [0.15, 0.2) is 6.61 Å². The van der Waals surface area contributed by atoms with Crippen molar-refractivity contribution in [1.82, 2.24) is 9.73 Å². The molecule has 0 unspecified atom stereocenters. The minimum absolute atomic E-state index is 0.0265. The lowest BCUT2D eigenvalue weighted by Gasteiger charge is -2.21. The maximum atomic E-state index is 13.4. The normalized spacial score (nSPS) is 11.4. The van der Waals surface area contributed by atoms with Crippen molar-refractivity contribution < 1.29 is 22.7 Å². The molecule has 0 saturated heterocycles. The Balaban J connectivity index is 1.32. The van der Waals surface area contributed by atoms with Crippen molar-refractivity contribution in [3.05, 3.63) is 125 Å². The highest BCUT2D eigenvalue weighted by molar-refractivity contribution is 7.89. The number of nitrogens with one attached hydrogen (secondary N) is 2. The molecule has 0 heterocycles. The van der Waals surface area contributed by atoms with Crippen molar-refractivity contribution in [3.8, 4) is 5.75 Å². The van der Waals surface area contributed by atoms with Gasteiger partial charge in [-0.2, -0.15) is 9.41 Å². The number of sulfonamides is 1. The van der Waals surface area contributed by atoms with Gasteiger partial charge in [-0.1, -0.05) is 65.7 Å². The summed E-state index contributed by atoms with van der Waals surface area (Å²) in [5, 5.41) is 6.74. The summed E-state index contributed by atoms with van der Waals surface area (Å²) in [6.07, 6.45) is 1.43. The molecule has 2 N–H and O–H groups in total. The molecular formula is C32H32N4O5S. The Hall–Kier alpha value is -4.80. The van der Waals surface area contributed by atoms with Crippen LogP contribution in [0.2, 0.25) is 0 Å². The fraction of sp³-hybridized carbons (Fsp3) is 0.156. The van der Waals surface area contributed by atoms with E-state index >= 15 is 0 Å². The molecule has 0 spiro atoms. The Morgan fingerprint density at radius 3 is 2.07 bits per heavy atom. The van der Waals surface area contributed by atoms with Crippen LogP contribution in [0.3, 0.4) is 0 Å². The number of benzene rings is 4. The lowest BCUT2D eigenvalue weighted by Crippen LogP contribution is -2.39. The van der Waals surface area contributed by atoms with Crippen LogP contribution in [0.1, 0.15) is 22.3 Å². The topological polar surface area (TPSA) is 117 Å². The highest BCUT2D eigenvalue weighted by Crippen LogP contribution is 2.19. The van der Waals surface area contributed by atoms with E-state index in [1.165, 1.54) is 18.3 Å². The van der Waals surface area contributed by atoms with E-state index in [0.29, 0.717) is 17.0 Å². The summed E-state index contributed by atoms with van der Waals surface area (Å²) in [4.78, 5) is 25.0. The first-order valence-electron chi connectivity index (χ1n) is 13.2. The van der Waals surface area contributed by atoms with Crippen LogP contribution in [0.5, 0.6) is 5.75 Å². The minimum Gasteiger partial charge on any atom is -0.484 e. The SMILES string of the molecule is Cc1ccc(NC(=O)COc2ccc(/C=N\NC(=O)CN(Cc3ccccc3)S(=O)(=O)c3ccc(C)cc3)cc2)cc1. The lowest BCUT2D eigenvalue weighted by atomic mass is 10.2. The number of hydrazone groups is 1. The molecule has 0 bridgehead atoms. The monoisotopic (exact) mass is 584 g/mol. The zero-order valence-corrected chi connectivity index (χ0v) is 24.2. The predicted octanol–water partition coefficient (Wildman–Crippen LogP) is 4.66. The van der Waals surface area contributed by atoms with Crippen LogP contribution in [0.15, 0.2) is 113 Å². The van der Waals surface area contributed by atoms with Crippen LogP contribution in [0.25, 0.3) is 0 Å². The summed E-state index contributed by atoms with van der Waals surface area (Å²) < 4.78 is 33.4. The second kappa shape index (κ2) is 14.2. The number of carbonyl (C=O) groups excluding carboxylic acids is 2. The summed E-state index contributed by atoms with van der Waals surface area (Å²) in [6.45, 7) is 3.30. The maximum Gasteiger partial charge on any atom is 0.262 e. The third kappa shape index (κ3) is 8.85. The Morgan fingerprint density at radius 2 is 1.43 bits per heavy atom. The van der Waals surface area contributed by atoms with Crippen LogP contribution >= 0.6 is 0 Å². The zero-order valence-electron chi connectivity index (χ0n) is 23.4. The molecular weight excluding hydrogens is 552 g/mol. The van der Waals surface area contributed by atoms with Gasteiger partial charge >= 0.3 is 0 Å². The van der Waals surface area contributed by atoms with E-state index in [9.17, 15) is 18.0 Å². The maximum absolute atomic E-state index is 13.4. The van der Waals surface area contributed by atoms with Crippen molar-refractivity contribution >= 4 is 33.7 Å². The first-order valence-corrected chi connectivity index (χ1v) is 14.6. The molecule has 0 fully saturated rings. The minimum atomic E-state index is -3.95. The molecule has 216 valence electrons. The largest absolute Gasteiger partial charge is 0.484 e. The van der Waals surface area contributed by atoms with Crippen LogP contribution in [-0.4, -0.2) is 43.9 Å². The summed E-state index contributed by atoms with van der Waals surface area (Å²) >= 11 is 0. The third-order valence-electron chi connectivity index (χ3n) is 6.17. The first kappa shape index (κ1) is 30.2. The van der Waals surface area contributed by atoms with Crippen LogP contribution in [-0.2, 0) is 26.2 Å². The summed E-state index contributed by atoms with van der Waals surface area (Å²) in [7, 11) is -3.95. The van der Waals surface area contributed by atoms with Gasteiger partial charge in [-0.25, -0.2) is 13.8 Å². The predicted molar refractivity (Wildman–Crippen MR) is 163 cm³/mol. The van der Waals surface area contributed by atoms with Gasteiger partial charge in [0.05, 0.1) is 17.7 Å². The lowest BCUT2D eigenvalue weighted by molar-refractivity contribution is -0.121. The molecule has 9 nitrogen and oxygen atoms in total. The molecule has 2 amide bonds. The van der Waals surface area contributed by atoms with Gasteiger partial charge in [-0.05, 0) is 73.5 Å². The Labute approximate surface area is 245 Å². The number of hydrogen-bond donors (Lipinski definition) is 2. The van der Waals surface area contributed by atoms with E-state index in [2.05, 4.69) is 15.8 Å². The molecule has 0 aliphatic rings. The number of hydrogen-bond acceptors (Lipinski definition) is 6. The number of anilines is 1. The van der Waals surface area contributed by atoms with Crippen molar-refractivity contribution in [2.75, 3.05) is 18.5 Å². The van der Waals surface area contributed by atoms with E-state index in [1.807, 2.05) is 56.3 Å². The molecule has 4 aromatic carbocycles. The van der Waals surface area contributed by atoms with Gasteiger partial charge in [0.2, 0.25) is 10.0 Å². The number of aryl methyl sites for hydroxylation is 2. The highest BCUT2D eigenvalue weighted by Gasteiger charge is 2.26. The van der Waals surface area contributed by atoms with Crippen molar-refractivity contribution in [2.24, 2.45) is 5.10 Å². The average Bonchev–Trinajstić information content (AvgIpc) is 2.98. The van der Waals surface area contributed by atoms with Gasteiger partial charge < -0.3 is 10.1 Å². The molecule has 0 radical (unpaired) electrons. The number of amides is 2. The molecule has 0 aromatic heterocycles. The standard InChI is InChI=1S/C32H32N4O5S/c1-24-8-14-28(15-9-24)34-32(38)23-41-29-16-12-26(13-17-29)20-33-35-31(37)22-36(21-27-6-4-3-5-7-27)42(39,40)30-18-10-25(2)11-19-30/h3-20H,21-23H2,1-2H3,(H,34,38)(H,35,37)/b33-20-. The van der Waals surface area contributed by atoms with Gasteiger partial charge in [0.25, 0.3) is 11.8 Å². The van der Waals surface area contributed by atoms with Gasteiger partial charge in [0.1, 0.15) is 5.75 Å². The number of nitrogens with zero attached hydrogens (tertiary/aromatic N) is 2. The molecule has 0 saturated carbocycles. The van der Waals surface area contributed by atoms with E-state index in [4.69, 9.17) is 4.74 Å². The second-order valence-corrected chi connectivity index (χ2v) is 11.6. The fourth-order valence-corrected chi connectivity index (χ4v) is 5.26. The average molecular weight is 585 g/mol. The number of ether oxygens (including phenoxy) is 1. The molecule has 4 aromatic rings. The van der Waals surface area contributed by atoms with Crippen molar-refractivity contribution in [3.63, 3.8) is 0 Å². The van der Waals surface area contributed by atoms with Crippen LogP contribution < -0.4 is 15.5 Å². The molecule has 0 aliphatic heterocycles. The Morgan fingerprint density at radius 1 is 0.810 bits per heavy atom. The summed E-state index contributed by atoms with van der Waals surface area (Å²) in [5.41, 5.74) is 6.54. The molecule has 42 heavy (non-hydrogen) atoms. The number of rotatable bonds is 12. The summed E-state index contributed by atoms with van der Waals surface area (Å²) in [5.74, 6) is -0.372. The van der Waals surface area contributed by atoms with Crippen molar-refractivity contribution in [1.29, 1.82) is 0 Å². The number of carbonyl (C=O) groups is 2. The van der Waals surface area contributed by atoms with E-state index in [-0.39, 0.29) is 24.0 Å². The molecule has 0 aliphatic carbocycles. The van der Waals surface area contributed by atoms with Crippen LogP contribution in [0.4, 0.5) is 5.69 Å². The Kier molecular flexibility index (Phi) is 10.2. The zero-order chi connectivity index (χ0) is 30.0. The van der Waals surface area contributed by atoms with E-state index in [0.717, 1.165) is 21.0 Å². The van der Waals surface area contributed by atoms with Gasteiger partial charge in [0, 0.05) is 12.2 Å². The molecule has 0 atom stereocenters. The van der Waals surface area contributed by atoms with Crippen LogP contribution in [0, 0.1) is 13.8 Å². The quantitative estimate of drug-likeness (QED) is 0.186. The van der Waals surface area contributed by atoms with E-state index < -0.39 is 22.5 Å². The smallest absolute Gasteiger partial charge is 0.262 e. The highest BCUT2D eigenvalue weighted by atomic mass is 32.2. The Bertz CT molecular complexity index is 1620. The summed E-state index contributed by atoms with van der Waals surface area (Å²) in [6, 6.07) is 29.8. The fourth-order valence-electron chi connectivity index (χ4n) is 3.88. The third-order valence-corrected chi connectivity index (χ3v) is 7.97. The van der Waals surface area contributed by atoms with Gasteiger partial charge in [-0.3, -0.25) is 9.59 Å². The second-order valence-electron chi connectivity index (χ2n) is 9.64. The molecule has 10 heteroatoms. The van der Waals surface area contributed by atoms with E-state index in [1.54, 1.807) is 48.5 Å². The first-order chi connectivity index (χ1) is 20.2.